The predicted molar refractivity (Wildman–Crippen MR) is 115 cm³/mol. The molecule has 0 spiro atoms. The van der Waals surface area contributed by atoms with E-state index in [9.17, 15) is 9.90 Å². The van der Waals surface area contributed by atoms with Crippen LogP contribution in [0, 0.1) is 0 Å². The maximum atomic E-state index is 11.3. The Labute approximate surface area is 177 Å². The molecule has 1 heterocycles. The first-order valence-corrected chi connectivity index (χ1v) is 10.3. The van der Waals surface area contributed by atoms with Gasteiger partial charge in [0.15, 0.2) is 11.5 Å². The number of hydrogen-bond acceptors (Lipinski definition) is 5. The number of benzene rings is 2. The van der Waals surface area contributed by atoms with Crippen LogP contribution in [0.15, 0.2) is 49.1 Å². The summed E-state index contributed by atoms with van der Waals surface area (Å²) in [6.07, 6.45) is 5.31. The van der Waals surface area contributed by atoms with E-state index in [-0.39, 0.29) is 5.56 Å². The number of fused-ring (bicyclic) bond motifs is 1. The number of aromatic carboxylic acids is 1. The highest BCUT2D eigenvalue weighted by Gasteiger charge is 2.11. The number of para-hydroxylation sites is 1. The minimum absolute atomic E-state index is 0.194. The van der Waals surface area contributed by atoms with Crippen LogP contribution in [0.25, 0.3) is 23.2 Å². The van der Waals surface area contributed by atoms with E-state index in [0.717, 1.165) is 5.56 Å². The smallest absolute Gasteiger partial charge is 0.466 e. The van der Waals surface area contributed by atoms with E-state index in [1.165, 1.54) is 0 Å². The lowest BCUT2D eigenvalue weighted by molar-refractivity contribution is 0.0698. The molecular formula is C20H21N2O8P. The summed E-state index contributed by atoms with van der Waals surface area (Å²) in [5.74, 6) is 0.834. The summed E-state index contributed by atoms with van der Waals surface area (Å²) < 4.78 is 19.8. The molecule has 0 aliphatic rings. The molecule has 164 valence electrons. The molecule has 0 saturated heterocycles. The molecule has 0 atom stereocenters. The van der Waals surface area contributed by atoms with Crippen LogP contribution >= 0.6 is 7.82 Å². The molecule has 0 unspecified atom stereocenters. The van der Waals surface area contributed by atoms with Crippen molar-refractivity contribution in [3.05, 3.63) is 66.0 Å². The first-order valence-electron chi connectivity index (χ1n) is 8.72. The van der Waals surface area contributed by atoms with Crippen LogP contribution in [0.5, 0.6) is 11.5 Å². The number of ether oxygens (including phenoxy) is 2. The van der Waals surface area contributed by atoms with Gasteiger partial charge in [0.2, 0.25) is 0 Å². The first kappa shape index (κ1) is 23.8. The maximum Gasteiger partial charge on any atom is 0.466 e. The molecule has 10 nitrogen and oxygen atoms in total. The Morgan fingerprint density at radius 2 is 1.90 bits per heavy atom. The van der Waals surface area contributed by atoms with Crippen molar-refractivity contribution in [3.63, 3.8) is 0 Å². The quantitative estimate of drug-likeness (QED) is 0.270. The minimum atomic E-state index is -4.64. The van der Waals surface area contributed by atoms with Gasteiger partial charge >= 0.3 is 13.8 Å². The molecule has 3 aromatic rings. The molecule has 0 bridgehead atoms. The van der Waals surface area contributed by atoms with Crippen molar-refractivity contribution < 1.29 is 38.6 Å². The molecule has 0 saturated carbocycles. The number of H-pyrrole nitrogens is 1. The molecule has 0 aliphatic carbocycles. The van der Waals surface area contributed by atoms with Gasteiger partial charge in [-0.2, -0.15) is 0 Å². The largest absolute Gasteiger partial charge is 0.493 e. The van der Waals surface area contributed by atoms with Crippen LogP contribution < -0.4 is 9.47 Å². The summed E-state index contributed by atoms with van der Waals surface area (Å²) in [5, 5.41) is 9.25. The number of carboxylic acid groups (broad SMARTS) is 1. The SMILES string of the molecule is C=CCOc1ccc(C=Cc2nc3cccc(C(=O)O)c3[nH]2)cc1OC.O=P(O)(O)O. The Bertz CT molecular complexity index is 1140. The maximum absolute atomic E-state index is 11.3. The van der Waals surface area contributed by atoms with Crippen molar-refractivity contribution in [3.8, 4) is 11.5 Å². The fourth-order valence-corrected chi connectivity index (χ4v) is 2.54. The number of aromatic amines is 1. The van der Waals surface area contributed by atoms with Gasteiger partial charge in [0.05, 0.1) is 23.7 Å². The van der Waals surface area contributed by atoms with Gasteiger partial charge in [-0.3, -0.25) is 0 Å². The number of nitrogens with zero attached hydrogens (tertiary/aromatic N) is 1. The Morgan fingerprint density at radius 3 is 2.52 bits per heavy atom. The summed E-state index contributed by atoms with van der Waals surface area (Å²) >= 11 is 0. The highest BCUT2D eigenvalue weighted by Crippen LogP contribution is 2.29. The summed E-state index contributed by atoms with van der Waals surface area (Å²) in [5.41, 5.74) is 2.20. The minimum Gasteiger partial charge on any atom is -0.493 e. The third kappa shape index (κ3) is 7.40. The van der Waals surface area contributed by atoms with E-state index in [4.69, 9.17) is 28.7 Å². The third-order valence-corrected chi connectivity index (χ3v) is 3.74. The number of rotatable bonds is 7. The normalized spacial score (nSPS) is 11.1. The highest BCUT2D eigenvalue weighted by atomic mass is 31.2. The lowest BCUT2D eigenvalue weighted by atomic mass is 10.2. The van der Waals surface area contributed by atoms with Gasteiger partial charge in [-0.1, -0.05) is 30.9 Å². The molecular weight excluding hydrogens is 427 g/mol. The van der Waals surface area contributed by atoms with Gasteiger partial charge in [0.25, 0.3) is 0 Å². The molecule has 3 rings (SSSR count). The Hall–Kier alpha value is -3.43. The number of nitrogens with one attached hydrogen (secondary N) is 1. The first-order chi connectivity index (χ1) is 14.6. The van der Waals surface area contributed by atoms with Crippen LogP contribution in [0.3, 0.4) is 0 Å². The van der Waals surface area contributed by atoms with Crippen molar-refractivity contribution >= 4 is 37.0 Å². The molecule has 0 fully saturated rings. The van der Waals surface area contributed by atoms with Crippen molar-refractivity contribution in [2.75, 3.05) is 13.7 Å². The van der Waals surface area contributed by atoms with Gasteiger partial charge < -0.3 is 34.2 Å². The predicted octanol–water partition coefficient (Wildman–Crippen LogP) is 3.08. The van der Waals surface area contributed by atoms with Crippen LogP contribution in [0.4, 0.5) is 0 Å². The number of carbonyl (C=O) groups is 1. The fourth-order valence-electron chi connectivity index (χ4n) is 2.54. The molecule has 0 radical (unpaired) electrons. The standard InChI is InChI=1S/C20H18N2O4.H3O4P/c1-3-11-26-16-9-7-13(12-17(16)25-2)8-10-18-21-15-6-4-5-14(20(23)24)19(15)22-18;1-5(2,3)4/h3-10,12H,1,11H2,2H3,(H,21,22)(H,23,24);(H3,1,2,3,4). The zero-order valence-electron chi connectivity index (χ0n) is 16.4. The van der Waals surface area contributed by atoms with E-state index in [0.29, 0.717) is 35.0 Å². The molecule has 0 amide bonds. The van der Waals surface area contributed by atoms with E-state index in [1.54, 1.807) is 37.5 Å². The molecule has 5 N–H and O–H groups in total. The summed E-state index contributed by atoms with van der Waals surface area (Å²) in [6, 6.07) is 10.5. The Balaban J connectivity index is 0.000000614. The topological polar surface area (TPSA) is 162 Å². The van der Waals surface area contributed by atoms with Crippen molar-refractivity contribution in [2.24, 2.45) is 0 Å². The summed E-state index contributed by atoms with van der Waals surface area (Å²) in [7, 11) is -3.06. The van der Waals surface area contributed by atoms with Gasteiger partial charge in [-0.25, -0.2) is 14.3 Å². The van der Waals surface area contributed by atoms with E-state index >= 15 is 0 Å². The van der Waals surface area contributed by atoms with E-state index in [1.807, 2.05) is 24.3 Å². The Morgan fingerprint density at radius 1 is 1.19 bits per heavy atom. The number of aromatic nitrogens is 2. The van der Waals surface area contributed by atoms with Crippen molar-refractivity contribution in [1.29, 1.82) is 0 Å². The molecule has 31 heavy (non-hydrogen) atoms. The van der Waals surface area contributed by atoms with Crippen molar-refractivity contribution in [1.82, 2.24) is 9.97 Å². The highest BCUT2D eigenvalue weighted by molar-refractivity contribution is 7.45. The molecule has 1 aromatic heterocycles. The van der Waals surface area contributed by atoms with Crippen LogP contribution in [-0.4, -0.2) is 49.4 Å². The Kier molecular flexibility index (Phi) is 8.12. The average molecular weight is 448 g/mol. The molecule has 0 aliphatic heterocycles. The van der Waals surface area contributed by atoms with E-state index < -0.39 is 13.8 Å². The van der Waals surface area contributed by atoms with Gasteiger partial charge in [-0.05, 0) is 35.9 Å². The molecule has 2 aromatic carbocycles. The summed E-state index contributed by atoms with van der Waals surface area (Å²) in [6.45, 7) is 4.02. The van der Waals surface area contributed by atoms with Crippen LogP contribution in [0.1, 0.15) is 21.7 Å². The second-order valence-corrected chi connectivity index (χ2v) is 7.01. The van der Waals surface area contributed by atoms with Gasteiger partial charge in [-0.15, -0.1) is 0 Å². The van der Waals surface area contributed by atoms with Crippen LogP contribution in [-0.2, 0) is 4.57 Å². The lowest BCUT2D eigenvalue weighted by Gasteiger charge is -2.09. The molecule has 11 heteroatoms. The zero-order valence-corrected chi connectivity index (χ0v) is 17.3. The number of methoxy groups -OCH3 is 1. The summed E-state index contributed by atoms with van der Waals surface area (Å²) in [4.78, 5) is 40.3. The zero-order chi connectivity index (χ0) is 23.0. The average Bonchev–Trinajstić information content (AvgIpc) is 3.12. The second kappa shape index (κ2) is 10.6. The number of hydrogen-bond donors (Lipinski definition) is 5. The van der Waals surface area contributed by atoms with E-state index in [2.05, 4.69) is 16.5 Å². The van der Waals surface area contributed by atoms with Crippen LogP contribution in [0.2, 0.25) is 0 Å². The second-order valence-electron chi connectivity index (χ2n) is 5.98. The number of carboxylic acids is 1. The number of imidazole rings is 1. The monoisotopic (exact) mass is 448 g/mol. The van der Waals surface area contributed by atoms with Crippen molar-refractivity contribution in [2.45, 2.75) is 0 Å². The number of phosphoric acid groups is 1. The third-order valence-electron chi connectivity index (χ3n) is 3.74. The van der Waals surface area contributed by atoms with Gasteiger partial charge in [0.1, 0.15) is 12.4 Å². The van der Waals surface area contributed by atoms with Gasteiger partial charge in [0, 0.05) is 0 Å². The lowest BCUT2D eigenvalue weighted by Crippen LogP contribution is -1.96. The fraction of sp³-hybridized carbons (Fsp3) is 0.100.